The van der Waals surface area contributed by atoms with Gasteiger partial charge in [-0.2, -0.15) is 0 Å². The lowest BCUT2D eigenvalue weighted by molar-refractivity contribution is -0.118. The monoisotopic (exact) mass is 154 g/mol. The van der Waals surface area contributed by atoms with Gasteiger partial charge in [0, 0.05) is 11.5 Å². The number of hydrogen-bond donors (Lipinski definition) is 1. The Bertz CT molecular complexity index is 201. The lowest BCUT2D eigenvalue weighted by atomic mass is 10.1. The number of ketones is 1. The van der Waals surface area contributed by atoms with Crippen molar-refractivity contribution in [1.82, 2.24) is 5.32 Å². The molecule has 1 aliphatic heterocycles. The summed E-state index contributed by atoms with van der Waals surface area (Å²) in [4.78, 5) is 13.5. The fourth-order valence-electron chi connectivity index (χ4n) is 1.19. The van der Waals surface area contributed by atoms with Crippen LogP contribution in [-0.4, -0.2) is 24.4 Å². The van der Waals surface area contributed by atoms with E-state index in [9.17, 15) is 4.79 Å². The molecule has 0 unspecified atom stereocenters. The van der Waals surface area contributed by atoms with Gasteiger partial charge in [-0.25, -0.2) is 0 Å². The van der Waals surface area contributed by atoms with Gasteiger partial charge in [0.15, 0.2) is 0 Å². The van der Waals surface area contributed by atoms with Crippen molar-refractivity contribution in [3.8, 4) is 0 Å². The molecule has 0 aromatic rings. The number of carbonyl (C=O) groups is 1. The molecule has 0 aliphatic carbocycles. The van der Waals surface area contributed by atoms with Crippen LogP contribution in [-0.2, 0) is 4.79 Å². The Morgan fingerprint density at radius 3 is 3.00 bits per heavy atom. The van der Waals surface area contributed by atoms with Crippen molar-refractivity contribution in [3.63, 3.8) is 0 Å². The van der Waals surface area contributed by atoms with Crippen LogP contribution < -0.4 is 5.32 Å². The Morgan fingerprint density at radius 2 is 2.55 bits per heavy atom. The van der Waals surface area contributed by atoms with Crippen molar-refractivity contribution >= 4 is 5.78 Å². The molecule has 0 spiro atoms. The van der Waals surface area contributed by atoms with Crippen LogP contribution in [0.3, 0.4) is 0 Å². The highest BCUT2D eigenvalue weighted by molar-refractivity contribution is 5.81. The van der Waals surface area contributed by atoms with Gasteiger partial charge in [0.25, 0.3) is 0 Å². The van der Waals surface area contributed by atoms with Crippen LogP contribution in [0, 0.1) is 0 Å². The average Bonchev–Trinajstić information content (AvgIpc) is 2.37. The maximum absolute atomic E-state index is 10.8. The smallest absolute Gasteiger partial charge is 0.146 e. The maximum Gasteiger partial charge on any atom is 0.146 e. The number of Topliss-reactive ketones (excluding diaryl/α,β-unsaturated/α-hetero) is 1. The van der Waals surface area contributed by atoms with Crippen LogP contribution in [0.2, 0.25) is 0 Å². The lowest BCUT2D eigenvalue weighted by Gasteiger charge is -2.02. The van der Waals surface area contributed by atoms with Gasteiger partial charge in [-0.15, -0.1) is 0 Å². The molecule has 1 fully saturated rings. The Labute approximate surface area is 64.4 Å². The van der Waals surface area contributed by atoms with Gasteiger partial charge < -0.3 is 5.32 Å². The maximum atomic E-state index is 10.8. The standard InChI is InChI=1S/C6H10N4O/c1-4(11)6-2-5(3-8-6)9-10-7/h5-6,8H,2-3H2,1H3/t5-,6-/m0/s1. The summed E-state index contributed by atoms with van der Waals surface area (Å²) in [6, 6.07) is -0.153. The first kappa shape index (κ1) is 8.04. The van der Waals surface area contributed by atoms with Crippen molar-refractivity contribution in [2.24, 2.45) is 5.11 Å². The minimum Gasteiger partial charge on any atom is -0.307 e. The van der Waals surface area contributed by atoms with E-state index < -0.39 is 0 Å². The van der Waals surface area contributed by atoms with E-state index in [0.29, 0.717) is 13.0 Å². The van der Waals surface area contributed by atoms with Gasteiger partial charge in [0.05, 0.1) is 12.1 Å². The fraction of sp³-hybridized carbons (Fsp3) is 0.833. The van der Waals surface area contributed by atoms with E-state index in [1.54, 1.807) is 0 Å². The van der Waals surface area contributed by atoms with Crippen molar-refractivity contribution in [1.29, 1.82) is 0 Å². The van der Waals surface area contributed by atoms with Gasteiger partial charge in [-0.05, 0) is 18.9 Å². The van der Waals surface area contributed by atoms with E-state index in [4.69, 9.17) is 5.53 Å². The minimum atomic E-state index is -0.106. The predicted molar refractivity (Wildman–Crippen MR) is 40.0 cm³/mol. The first-order valence-corrected chi connectivity index (χ1v) is 3.52. The Morgan fingerprint density at radius 1 is 1.82 bits per heavy atom. The minimum absolute atomic E-state index is 0.0473. The first-order chi connectivity index (χ1) is 5.24. The Kier molecular flexibility index (Phi) is 2.46. The van der Waals surface area contributed by atoms with E-state index in [0.717, 1.165) is 0 Å². The zero-order valence-corrected chi connectivity index (χ0v) is 6.32. The zero-order valence-electron chi connectivity index (χ0n) is 6.32. The lowest BCUT2D eigenvalue weighted by Crippen LogP contribution is -2.28. The number of azide groups is 1. The molecular weight excluding hydrogens is 144 g/mol. The number of nitrogens with zero attached hydrogens (tertiary/aromatic N) is 3. The molecule has 1 aliphatic rings. The van der Waals surface area contributed by atoms with Gasteiger partial charge in [0.2, 0.25) is 0 Å². The highest BCUT2D eigenvalue weighted by Gasteiger charge is 2.25. The van der Waals surface area contributed by atoms with Crippen LogP contribution in [0.1, 0.15) is 13.3 Å². The summed E-state index contributed by atoms with van der Waals surface area (Å²) in [6.07, 6.45) is 0.638. The van der Waals surface area contributed by atoms with Crippen molar-refractivity contribution in [3.05, 3.63) is 10.4 Å². The highest BCUT2D eigenvalue weighted by Crippen LogP contribution is 2.10. The van der Waals surface area contributed by atoms with Crippen LogP contribution >= 0.6 is 0 Å². The van der Waals surface area contributed by atoms with E-state index in [1.807, 2.05) is 0 Å². The van der Waals surface area contributed by atoms with Crippen molar-refractivity contribution < 1.29 is 4.79 Å². The summed E-state index contributed by atoms with van der Waals surface area (Å²) in [5.74, 6) is 0.112. The molecule has 5 heteroatoms. The molecule has 1 rings (SSSR count). The molecule has 0 aromatic heterocycles. The first-order valence-electron chi connectivity index (χ1n) is 3.52. The highest BCUT2D eigenvalue weighted by atomic mass is 16.1. The van der Waals surface area contributed by atoms with Gasteiger partial charge >= 0.3 is 0 Å². The third-order valence-electron chi connectivity index (χ3n) is 1.81. The van der Waals surface area contributed by atoms with Crippen LogP contribution in [0.5, 0.6) is 0 Å². The molecule has 60 valence electrons. The normalized spacial score (nSPS) is 29.5. The van der Waals surface area contributed by atoms with Crippen LogP contribution in [0.4, 0.5) is 0 Å². The van der Waals surface area contributed by atoms with E-state index in [2.05, 4.69) is 15.3 Å². The van der Waals surface area contributed by atoms with Gasteiger partial charge in [-0.1, -0.05) is 5.11 Å². The van der Waals surface area contributed by atoms with Gasteiger partial charge in [0.1, 0.15) is 5.78 Å². The third kappa shape index (κ3) is 1.93. The number of carbonyl (C=O) groups excluding carboxylic acids is 1. The predicted octanol–water partition coefficient (Wildman–Crippen LogP) is 0.616. The number of nitrogens with one attached hydrogen (secondary N) is 1. The third-order valence-corrected chi connectivity index (χ3v) is 1.81. The Hall–Kier alpha value is -1.06. The van der Waals surface area contributed by atoms with Crippen LogP contribution in [0.15, 0.2) is 5.11 Å². The van der Waals surface area contributed by atoms with Crippen molar-refractivity contribution in [2.45, 2.75) is 25.4 Å². The molecule has 0 amide bonds. The molecule has 0 radical (unpaired) electrons. The number of hydrogen-bond acceptors (Lipinski definition) is 3. The largest absolute Gasteiger partial charge is 0.307 e. The summed E-state index contributed by atoms with van der Waals surface area (Å²) in [7, 11) is 0. The molecular formula is C6H10N4O. The molecule has 1 heterocycles. The van der Waals surface area contributed by atoms with E-state index in [-0.39, 0.29) is 17.9 Å². The molecule has 11 heavy (non-hydrogen) atoms. The second-order valence-electron chi connectivity index (χ2n) is 2.67. The fourth-order valence-corrected chi connectivity index (χ4v) is 1.19. The summed E-state index contributed by atoms with van der Waals surface area (Å²) >= 11 is 0. The topological polar surface area (TPSA) is 77.9 Å². The molecule has 2 atom stereocenters. The molecule has 1 saturated heterocycles. The SMILES string of the molecule is CC(=O)[C@@H]1C[C@H](N=[N+]=[N-])CN1. The molecule has 0 bridgehead atoms. The number of rotatable bonds is 2. The summed E-state index contributed by atoms with van der Waals surface area (Å²) in [6.45, 7) is 2.16. The molecule has 0 aromatic carbocycles. The van der Waals surface area contributed by atoms with E-state index in [1.165, 1.54) is 6.92 Å². The molecule has 1 N–H and O–H groups in total. The zero-order chi connectivity index (χ0) is 8.27. The average molecular weight is 154 g/mol. The van der Waals surface area contributed by atoms with Gasteiger partial charge in [-0.3, -0.25) is 4.79 Å². The summed E-state index contributed by atoms with van der Waals surface area (Å²) in [5.41, 5.74) is 8.10. The van der Waals surface area contributed by atoms with E-state index >= 15 is 0 Å². The second-order valence-corrected chi connectivity index (χ2v) is 2.67. The van der Waals surface area contributed by atoms with Crippen molar-refractivity contribution in [2.75, 3.05) is 6.54 Å². The Balaban J connectivity index is 2.46. The summed E-state index contributed by atoms with van der Waals surface area (Å²) < 4.78 is 0. The summed E-state index contributed by atoms with van der Waals surface area (Å²) in [5, 5.41) is 6.50. The molecule has 0 saturated carbocycles. The second kappa shape index (κ2) is 3.37. The molecule has 5 nitrogen and oxygen atoms in total. The quantitative estimate of drug-likeness (QED) is 0.359. The van der Waals surface area contributed by atoms with Crippen LogP contribution in [0.25, 0.3) is 10.4 Å².